The van der Waals surface area contributed by atoms with Crippen LogP contribution in [-0.4, -0.2) is 27.0 Å². The number of fused-ring (bicyclic) bond motifs is 1. The summed E-state index contributed by atoms with van der Waals surface area (Å²) in [6, 6.07) is 3.81. The number of rotatable bonds is 6. The molecule has 0 saturated carbocycles. The molecule has 3 aromatic heterocycles. The van der Waals surface area contributed by atoms with Crippen molar-refractivity contribution in [1.82, 2.24) is 14.5 Å². The highest BCUT2D eigenvalue weighted by atomic mass is 32.1. The zero-order valence-electron chi connectivity index (χ0n) is 11.3. The average molecular weight is 301 g/mol. The van der Waals surface area contributed by atoms with Gasteiger partial charge in [-0.15, -0.1) is 11.3 Å². The third-order valence-corrected chi connectivity index (χ3v) is 4.27. The van der Waals surface area contributed by atoms with Crippen LogP contribution in [0.1, 0.15) is 16.1 Å². The number of carbonyl (C=O) groups is 1. The second-order valence-electron chi connectivity index (χ2n) is 4.61. The van der Waals surface area contributed by atoms with Crippen molar-refractivity contribution in [2.24, 2.45) is 5.73 Å². The Morgan fingerprint density at radius 3 is 3.10 bits per heavy atom. The van der Waals surface area contributed by atoms with E-state index in [-0.39, 0.29) is 0 Å². The van der Waals surface area contributed by atoms with Crippen LogP contribution in [-0.2, 0) is 6.54 Å². The smallest absolute Gasteiger partial charge is 0.261 e. The van der Waals surface area contributed by atoms with Gasteiger partial charge in [0.15, 0.2) is 0 Å². The Hall–Kier alpha value is -2.41. The zero-order chi connectivity index (χ0) is 14.7. The summed E-state index contributed by atoms with van der Waals surface area (Å²) in [5.74, 6) is -0.421. The number of pyridine rings is 1. The number of imidazole rings is 1. The first-order valence-corrected chi connectivity index (χ1v) is 7.44. The van der Waals surface area contributed by atoms with Gasteiger partial charge in [0.05, 0.1) is 12.0 Å². The maximum absolute atomic E-state index is 11.6. The number of thiophene rings is 1. The molecule has 21 heavy (non-hydrogen) atoms. The summed E-state index contributed by atoms with van der Waals surface area (Å²) < 4.78 is 2.02. The van der Waals surface area contributed by atoms with Crippen LogP contribution in [0.2, 0.25) is 0 Å². The van der Waals surface area contributed by atoms with Gasteiger partial charge in [-0.05, 0) is 18.6 Å². The second kappa shape index (κ2) is 5.92. The van der Waals surface area contributed by atoms with E-state index >= 15 is 0 Å². The van der Waals surface area contributed by atoms with Gasteiger partial charge in [-0.1, -0.05) is 0 Å². The topological polar surface area (TPSA) is 85.8 Å². The number of aromatic nitrogens is 3. The fraction of sp³-hybridized carbons (Fsp3) is 0.214. The lowest BCUT2D eigenvalue weighted by molar-refractivity contribution is 0.100. The third-order valence-electron chi connectivity index (χ3n) is 3.14. The first kappa shape index (κ1) is 13.6. The van der Waals surface area contributed by atoms with Gasteiger partial charge in [-0.3, -0.25) is 4.79 Å². The first-order valence-electron chi connectivity index (χ1n) is 6.62. The van der Waals surface area contributed by atoms with Crippen molar-refractivity contribution in [3.63, 3.8) is 0 Å². The minimum atomic E-state index is -0.421. The van der Waals surface area contributed by atoms with Gasteiger partial charge in [0.25, 0.3) is 5.91 Å². The number of anilines is 1. The number of hydrogen-bond donors (Lipinski definition) is 2. The Balaban J connectivity index is 1.73. The molecule has 6 nitrogen and oxygen atoms in total. The van der Waals surface area contributed by atoms with Crippen LogP contribution in [0.15, 0.2) is 37.1 Å². The summed E-state index contributed by atoms with van der Waals surface area (Å²) in [6.07, 6.45) is 8.12. The third kappa shape index (κ3) is 2.87. The average Bonchev–Trinajstić information content (AvgIpc) is 3.11. The van der Waals surface area contributed by atoms with Crippen LogP contribution >= 0.6 is 11.3 Å². The second-order valence-corrected chi connectivity index (χ2v) is 5.61. The molecule has 3 N–H and O–H groups in total. The SMILES string of the molecule is NC(=O)c1sc2ncccc2c1NCCCn1ccnc1. The predicted octanol–water partition coefficient (Wildman–Crippen LogP) is 2.09. The fourth-order valence-electron chi connectivity index (χ4n) is 2.18. The molecule has 0 aliphatic carbocycles. The maximum Gasteiger partial charge on any atom is 0.261 e. The number of primary amides is 1. The molecule has 108 valence electrons. The number of hydrogen-bond acceptors (Lipinski definition) is 5. The van der Waals surface area contributed by atoms with Gasteiger partial charge in [-0.25, -0.2) is 9.97 Å². The molecule has 3 rings (SSSR count). The van der Waals surface area contributed by atoms with Gasteiger partial charge < -0.3 is 15.6 Å². The zero-order valence-corrected chi connectivity index (χ0v) is 12.1. The Kier molecular flexibility index (Phi) is 3.83. The maximum atomic E-state index is 11.6. The van der Waals surface area contributed by atoms with Crippen molar-refractivity contribution in [2.45, 2.75) is 13.0 Å². The van der Waals surface area contributed by atoms with Crippen molar-refractivity contribution in [2.75, 3.05) is 11.9 Å². The molecule has 7 heteroatoms. The summed E-state index contributed by atoms with van der Waals surface area (Å²) in [4.78, 5) is 21.2. The van der Waals surface area contributed by atoms with E-state index in [9.17, 15) is 4.79 Å². The number of amides is 1. The number of nitrogens with two attached hydrogens (primary N) is 1. The summed E-state index contributed by atoms with van der Waals surface area (Å²) >= 11 is 1.32. The summed E-state index contributed by atoms with van der Waals surface area (Å²) in [6.45, 7) is 1.62. The van der Waals surface area contributed by atoms with Crippen molar-refractivity contribution < 1.29 is 4.79 Å². The van der Waals surface area contributed by atoms with Gasteiger partial charge in [-0.2, -0.15) is 0 Å². The summed E-state index contributed by atoms with van der Waals surface area (Å²) in [7, 11) is 0. The van der Waals surface area contributed by atoms with Crippen molar-refractivity contribution in [1.29, 1.82) is 0 Å². The molecule has 0 spiro atoms. The first-order chi connectivity index (χ1) is 10.3. The summed E-state index contributed by atoms with van der Waals surface area (Å²) in [5, 5.41) is 4.26. The molecule has 0 aromatic carbocycles. The number of aryl methyl sites for hydroxylation is 1. The van der Waals surface area contributed by atoms with Crippen LogP contribution < -0.4 is 11.1 Å². The highest BCUT2D eigenvalue weighted by molar-refractivity contribution is 7.21. The van der Waals surface area contributed by atoms with Crippen molar-refractivity contribution in [3.8, 4) is 0 Å². The molecule has 0 aliphatic heterocycles. The van der Waals surface area contributed by atoms with Gasteiger partial charge in [0.1, 0.15) is 9.71 Å². The van der Waals surface area contributed by atoms with E-state index in [0.29, 0.717) is 4.88 Å². The van der Waals surface area contributed by atoms with Crippen LogP contribution in [0.3, 0.4) is 0 Å². The molecule has 0 saturated heterocycles. The van der Waals surface area contributed by atoms with E-state index in [1.807, 2.05) is 22.9 Å². The largest absolute Gasteiger partial charge is 0.383 e. The molecule has 1 amide bonds. The Labute approximate surface area is 125 Å². The van der Waals surface area contributed by atoms with Crippen LogP contribution in [0.4, 0.5) is 5.69 Å². The molecule has 0 fully saturated rings. The molecule has 3 aromatic rings. The molecule has 0 atom stereocenters. The van der Waals surface area contributed by atoms with Gasteiger partial charge >= 0.3 is 0 Å². The van der Waals surface area contributed by atoms with Crippen molar-refractivity contribution >= 4 is 33.1 Å². The lowest BCUT2D eigenvalue weighted by Gasteiger charge is -2.07. The Morgan fingerprint density at radius 2 is 2.33 bits per heavy atom. The lowest BCUT2D eigenvalue weighted by atomic mass is 10.2. The predicted molar refractivity (Wildman–Crippen MR) is 83.5 cm³/mol. The highest BCUT2D eigenvalue weighted by Crippen LogP contribution is 2.33. The highest BCUT2D eigenvalue weighted by Gasteiger charge is 2.16. The normalized spacial score (nSPS) is 10.9. The molecule has 0 unspecified atom stereocenters. The molecular weight excluding hydrogens is 286 g/mol. The van der Waals surface area contributed by atoms with Crippen LogP contribution in [0, 0.1) is 0 Å². The minimum Gasteiger partial charge on any atom is -0.383 e. The monoisotopic (exact) mass is 301 g/mol. The van der Waals surface area contributed by atoms with Crippen molar-refractivity contribution in [3.05, 3.63) is 41.9 Å². The van der Waals surface area contributed by atoms with Crippen LogP contribution in [0.25, 0.3) is 10.2 Å². The van der Waals surface area contributed by atoms with Gasteiger partial charge in [0.2, 0.25) is 0 Å². The Bertz CT molecular complexity index is 750. The lowest BCUT2D eigenvalue weighted by Crippen LogP contribution is -2.13. The van der Waals surface area contributed by atoms with E-state index in [1.54, 1.807) is 18.7 Å². The number of nitrogens with one attached hydrogen (secondary N) is 1. The molecular formula is C14H15N5OS. The number of carbonyl (C=O) groups excluding carboxylic acids is 1. The number of nitrogens with zero attached hydrogens (tertiary/aromatic N) is 3. The van der Waals surface area contributed by atoms with E-state index in [4.69, 9.17) is 5.73 Å². The van der Waals surface area contributed by atoms with E-state index < -0.39 is 5.91 Å². The van der Waals surface area contributed by atoms with E-state index in [0.717, 1.165) is 35.4 Å². The van der Waals surface area contributed by atoms with E-state index in [1.165, 1.54) is 11.3 Å². The van der Waals surface area contributed by atoms with Crippen LogP contribution in [0.5, 0.6) is 0 Å². The summed E-state index contributed by atoms with van der Waals surface area (Å²) in [5.41, 5.74) is 6.24. The molecule has 0 bridgehead atoms. The molecule has 0 radical (unpaired) electrons. The molecule has 3 heterocycles. The van der Waals surface area contributed by atoms with Gasteiger partial charge in [0, 0.05) is 37.1 Å². The Morgan fingerprint density at radius 1 is 1.43 bits per heavy atom. The quantitative estimate of drug-likeness (QED) is 0.683. The fourth-order valence-corrected chi connectivity index (χ4v) is 3.15. The van der Waals surface area contributed by atoms with E-state index in [2.05, 4.69) is 15.3 Å². The minimum absolute atomic E-state index is 0.421. The standard InChI is InChI=1S/C14H15N5OS/c15-13(20)12-11(10-3-1-4-18-14(10)21-12)17-5-2-7-19-8-6-16-9-19/h1,3-4,6,8-9,17H,2,5,7H2,(H2,15,20). The molecule has 0 aliphatic rings.